The van der Waals surface area contributed by atoms with Gasteiger partial charge in [0.2, 0.25) is 0 Å². The van der Waals surface area contributed by atoms with Gasteiger partial charge in [-0.2, -0.15) is 8.42 Å². The van der Waals surface area contributed by atoms with Crippen LogP contribution >= 0.6 is 0 Å². The van der Waals surface area contributed by atoms with Crippen molar-refractivity contribution in [1.29, 1.82) is 0 Å². The van der Waals surface area contributed by atoms with Crippen LogP contribution in [0.25, 0.3) is 0 Å². The highest BCUT2D eigenvalue weighted by Crippen LogP contribution is 2.16. The Kier molecular flexibility index (Phi) is 15.4. The Bertz CT molecular complexity index is 535. The van der Waals surface area contributed by atoms with Crippen LogP contribution in [0.3, 0.4) is 0 Å². The first kappa shape index (κ1) is 27.1. The van der Waals surface area contributed by atoms with Crippen LogP contribution in [0.2, 0.25) is 0 Å². The summed E-state index contributed by atoms with van der Waals surface area (Å²) in [5.41, 5.74) is 0.593. The maximum Gasteiger partial charge on any atom is 0.269 e. The fraction of sp³-hybridized carbons (Fsp3) is 0.739. The Morgan fingerprint density at radius 3 is 1.36 bits per heavy atom. The predicted molar refractivity (Wildman–Crippen MR) is 121 cm³/mol. The van der Waals surface area contributed by atoms with Crippen LogP contribution in [0.15, 0.2) is 30.3 Å². The Hall–Kier alpha value is -0.910. The lowest BCUT2D eigenvalue weighted by Crippen LogP contribution is -2.50. The Labute approximate surface area is 174 Å². The summed E-state index contributed by atoms with van der Waals surface area (Å²) >= 11 is 0. The molecule has 0 amide bonds. The predicted octanol–water partition coefficient (Wildman–Crippen LogP) is 6.08. The van der Waals surface area contributed by atoms with Crippen LogP contribution in [-0.4, -0.2) is 43.6 Å². The van der Waals surface area contributed by atoms with Crippen LogP contribution in [0, 0.1) is 0 Å². The lowest BCUT2D eigenvalue weighted by molar-refractivity contribution is -0.929. The number of quaternary nitrogens is 1. The van der Waals surface area contributed by atoms with Gasteiger partial charge in [-0.1, -0.05) is 83.7 Å². The van der Waals surface area contributed by atoms with E-state index in [1.54, 1.807) is 30.3 Å². The Morgan fingerprint density at radius 1 is 0.714 bits per heavy atom. The van der Waals surface area contributed by atoms with E-state index in [0.717, 1.165) is 0 Å². The van der Waals surface area contributed by atoms with Gasteiger partial charge in [-0.25, -0.2) is 0 Å². The van der Waals surface area contributed by atoms with Gasteiger partial charge in [-0.05, 0) is 31.2 Å². The Balaban J connectivity index is 0.000000567. The zero-order chi connectivity index (χ0) is 21.3. The van der Waals surface area contributed by atoms with E-state index in [9.17, 15) is 8.42 Å². The van der Waals surface area contributed by atoms with Gasteiger partial charge in [0.15, 0.2) is 0 Å². The normalized spacial score (nSPS) is 11.8. The first-order valence-corrected chi connectivity index (χ1v) is 12.8. The highest BCUT2D eigenvalue weighted by Gasteiger charge is 2.24. The van der Waals surface area contributed by atoms with E-state index in [1.165, 1.54) is 82.0 Å². The number of benzene rings is 1. The van der Waals surface area contributed by atoms with Crippen LogP contribution in [-0.2, 0) is 15.9 Å². The van der Waals surface area contributed by atoms with Gasteiger partial charge in [-0.15, -0.1) is 0 Å². The van der Waals surface area contributed by atoms with Crippen molar-refractivity contribution in [2.75, 3.05) is 26.2 Å². The van der Waals surface area contributed by atoms with E-state index >= 15 is 0 Å². The molecule has 0 atom stereocenters. The van der Waals surface area contributed by atoms with Crippen molar-refractivity contribution < 1.29 is 17.5 Å². The molecule has 0 spiro atoms. The molecule has 0 aliphatic carbocycles. The molecule has 0 unspecified atom stereocenters. The molecule has 0 radical (unpaired) electrons. The maximum absolute atomic E-state index is 10.4. The van der Waals surface area contributed by atoms with Crippen LogP contribution in [0.1, 0.15) is 84.6 Å². The van der Waals surface area contributed by atoms with Crippen molar-refractivity contribution in [3.05, 3.63) is 35.9 Å². The number of nitrogens with zero attached hydrogens (tertiary/aromatic N) is 1. The lowest BCUT2D eigenvalue weighted by atomic mass is 10.1. The van der Waals surface area contributed by atoms with Gasteiger partial charge in [0.1, 0.15) is 5.75 Å². The minimum Gasteiger partial charge on any atom is -0.324 e. The smallest absolute Gasteiger partial charge is 0.269 e. The van der Waals surface area contributed by atoms with Gasteiger partial charge in [0, 0.05) is 0 Å². The molecule has 164 valence electrons. The molecular formula is C23H44NO3S+. The van der Waals surface area contributed by atoms with E-state index in [1.807, 2.05) is 0 Å². The molecule has 0 heterocycles. The highest BCUT2D eigenvalue weighted by molar-refractivity contribution is 7.85. The van der Waals surface area contributed by atoms with Crippen LogP contribution in [0.5, 0.6) is 0 Å². The molecule has 0 aromatic heterocycles. The summed E-state index contributed by atoms with van der Waals surface area (Å²) in [5, 5.41) is 0. The molecule has 4 nitrogen and oxygen atoms in total. The summed E-state index contributed by atoms with van der Waals surface area (Å²) < 4.78 is 30.6. The average Bonchev–Trinajstić information content (AvgIpc) is 2.67. The molecule has 0 aliphatic heterocycles. The van der Waals surface area contributed by atoms with Crippen LogP contribution in [0.4, 0.5) is 0 Å². The molecule has 0 bridgehead atoms. The first-order chi connectivity index (χ1) is 13.3. The van der Waals surface area contributed by atoms with Gasteiger partial charge in [0.25, 0.3) is 10.1 Å². The van der Waals surface area contributed by atoms with Gasteiger partial charge >= 0.3 is 0 Å². The maximum atomic E-state index is 10.4. The molecule has 0 saturated carbocycles. The number of rotatable bonds is 14. The summed E-state index contributed by atoms with van der Waals surface area (Å²) in [6, 6.07) is 8.52. The van der Waals surface area contributed by atoms with E-state index in [2.05, 4.69) is 27.7 Å². The summed E-state index contributed by atoms with van der Waals surface area (Å²) in [4.78, 5) is 0. The van der Waals surface area contributed by atoms with Crippen molar-refractivity contribution in [3.8, 4) is 0 Å². The second-order valence-electron chi connectivity index (χ2n) is 7.86. The molecule has 28 heavy (non-hydrogen) atoms. The minimum absolute atomic E-state index is 0.312. The quantitative estimate of drug-likeness (QED) is 0.296. The SMILES string of the molecule is CCCC[N+](CCCC)(CCCC)CCCC.O=S(=O)(O)Cc1ccccc1. The monoisotopic (exact) mass is 414 g/mol. The van der Waals surface area contributed by atoms with Crippen molar-refractivity contribution in [3.63, 3.8) is 0 Å². The summed E-state index contributed by atoms with van der Waals surface area (Å²) in [7, 11) is -3.88. The number of hydrogen-bond donors (Lipinski definition) is 1. The molecule has 1 aromatic rings. The largest absolute Gasteiger partial charge is 0.324 e. The standard InChI is InChI=1S/C16H36N.C7H8O3S/c1-5-9-13-17(14-10-6-2,15-11-7-3)16-12-8-4;8-11(9,10)6-7-4-2-1-3-5-7/h5-16H2,1-4H3;1-5H,6H2,(H,8,9,10)/q+1;. The van der Waals surface area contributed by atoms with Crippen LogP contribution < -0.4 is 0 Å². The van der Waals surface area contributed by atoms with E-state index in [0.29, 0.717) is 5.56 Å². The van der Waals surface area contributed by atoms with E-state index in [-0.39, 0.29) is 5.75 Å². The van der Waals surface area contributed by atoms with Gasteiger partial charge in [-0.3, -0.25) is 4.55 Å². The molecule has 1 aromatic carbocycles. The summed E-state index contributed by atoms with van der Waals surface area (Å²) in [6.45, 7) is 15.0. The number of unbranched alkanes of at least 4 members (excludes halogenated alkanes) is 4. The molecule has 0 fully saturated rings. The summed E-state index contributed by atoms with van der Waals surface area (Å²) in [5.74, 6) is -0.312. The third-order valence-corrected chi connectivity index (χ3v) is 5.83. The third-order valence-electron chi connectivity index (χ3n) is 5.14. The fourth-order valence-electron chi connectivity index (χ4n) is 3.43. The molecule has 0 saturated heterocycles. The molecule has 0 aliphatic rings. The van der Waals surface area contributed by atoms with Crippen molar-refractivity contribution in [2.45, 2.75) is 84.8 Å². The first-order valence-electron chi connectivity index (χ1n) is 11.2. The molecule has 5 heteroatoms. The van der Waals surface area contributed by atoms with Crippen molar-refractivity contribution in [1.82, 2.24) is 0 Å². The zero-order valence-corrected chi connectivity index (χ0v) is 19.5. The summed E-state index contributed by atoms with van der Waals surface area (Å²) in [6.07, 6.45) is 11.1. The fourth-order valence-corrected chi connectivity index (χ4v) is 4.04. The topological polar surface area (TPSA) is 54.4 Å². The second-order valence-corrected chi connectivity index (χ2v) is 9.31. The average molecular weight is 415 g/mol. The lowest BCUT2D eigenvalue weighted by Gasteiger charge is -2.39. The number of hydrogen-bond acceptors (Lipinski definition) is 2. The minimum atomic E-state index is -3.88. The van der Waals surface area contributed by atoms with Crippen molar-refractivity contribution in [2.24, 2.45) is 0 Å². The van der Waals surface area contributed by atoms with Crippen molar-refractivity contribution >= 4 is 10.1 Å². The molecule has 1 N–H and O–H groups in total. The van der Waals surface area contributed by atoms with Gasteiger partial charge < -0.3 is 4.48 Å². The van der Waals surface area contributed by atoms with E-state index in [4.69, 9.17) is 4.55 Å². The van der Waals surface area contributed by atoms with Gasteiger partial charge in [0.05, 0.1) is 26.2 Å². The second kappa shape index (κ2) is 15.9. The van der Waals surface area contributed by atoms with E-state index < -0.39 is 10.1 Å². The molecule has 1 rings (SSSR count). The zero-order valence-electron chi connectivity index (χ0n) is 18.7. The third kappa shape index (κ3) is 14.1. The Morgan fingerprint density at radius 2 is 1.07 bits per heavy atom. The molecular weight excluding hydrogens is 370 g/mol. The highest BCUT2D eigenvalue weighted by atomic mass is 32.2.